The zero-order valence-electron chi connectivity index (χ0n) is 10.7. The molecular formula is C14H27N. The Hall–Kier alpha value is -0.0400. The van der Waals surface area contributed by atoms with Crippen molar-refractivity contribution >= 4 is 0 Å². The third kappa shape index (κ3) is 2.75. The molecule has 0 saturated heterocycles. The molecule has 0 aromatic carbocycles. The second-order valence-corrected chi connectivity index (χ2v) is 6.50. The van der Waals surface area contributed by atoms with Gasteiger partial charge in [0, 0.05) is 0 Å². The minimum Gasteiger partial charge on any atom is -0.316 e. The van der Waals surface area contributed by atoms with Gasteiger partial charge >= 0.3 is 0 Å². The lowest BCUT2D eigenvalue weighted by molar-refractivity contribution is 0.249. The van der Waals surface area contributed by atoms with E-state index in [-0.39, 0.29) is 0 Å². The van der Waals surface area contributed by atoms with E-state index in [1.54, 1.807) is 0 Å². The molecule has 0 radical (unpaired) electrons. The van der Waals surface area contributed by atoms with Crippen LogP contribution >= 0.6 is 0 Å². The summed E-state index contributed by atoms with van der Waals surface area (Å²) in [5.74, 6) is 2.82. The van der Waals surface area contributed by atoms with Crippen LogP contribution in [0.2, 0.25) is 0 Å². The summed E-state index contributed by atoms with van der Waals surface area (Å²) in [4.78, 5) is 0. The molecular weight excluding hydrogens is 182 g/mol. The van der Waals surface area contributed by atoms with Crippen LogP contribution in [0.3, 0.4) is 0 Å². The fourth-order valence-corrected chi connectivity index (χ4v) is 3.22. The van der Waals surface area contributed by atoms with Crippen LogP contribution in [0.4, 0.5) is 0 Å². The molecule has 0 heterocycles. The van der Waals surface area contributed by atoms with E-state index >= 15 is 0 Å². The normalized spacial score (nSPS) is 40.0. The van der Waals surface area contributed by atoms with Gasteiger partial charge in [-0.1, -0.05) is 33.6 Å². The van der Waals surface area contributed by atoms with Gasteiger partial charge in [-0.15, -0.1) is 0 Å². The highest BCUT2D eigenvalue weighted by molar-refractivity contribution is 5.04. The molecule has 1 nitrogen and oxygen atoms in total. The maximum atomic E-state index is 3.63. The first-order valence-electron chi connectivity index (χ1n) is 6.83. The average Bonchev–Trinajstić information content (AvgIpc) is 2.85. The molecule has 2 saturated carbocycles. The van der Waals surface area contributed by atoms with Gasteiger partial charge in [0.25, 0.3) is 0 Å². The van der Waals surface area contributed by atoms with Gasteiger partial charge in [0.05, 0.1) is 0 Å². The van der Waals surface area contributed by atoms with Crippen molar-refractivity contribution in [3.8, 4) is 0 Å². The molecule has 2 aliphatic carbocycles. The van der Waals surface area contributed by atoms with Crippen LogP contribution in [-0.4, -0.2) is 13.1 Å². The smallest absolute Gasteiger partial charge is 0.00149 e. The van der Waals surface area contributed by atoms with Gasteiger partial charge in [0.2, 0.25) is 0 Å². The largest absolute Gasteiger partial charge is 0.316 e. The van der Waals surface area contributed by atoms with Gasteiger partial charge in [-0.3, -0.25) is 0 Å². The zero-order valence-corrected chi connectivity index (χ0v) is 10.7. The van der Waals surface area contributed by atoms with E-state index in [0.717, 1.165) is 23.2 Å². The van der Waals surface area contributed by atoms with Crippen LogP contribution in [0, 0.1) is 23.2 Å². The van der Waals surface area contributed by atoms with Crippen molar-refractivity contribution in [2.45, 2.75) is 52.9 Å². The van der Waals surface area contributed by atoms with Crippen LogP contribution in [-0.2, 0) is 0 Å². The summed E-state index contributed by atoms with van der Waals surface area (Å²) in [6.45, 7) is 9.48. The molecule has 88 valence electrons. The molecule has 0 aliphatic heterocycles. The molecule has 0 bridgehead atoms. The lowest BCUT2D eigenvalue weighted by atomic mass is 9.79. The van der Waals surface area contributed by atoms with Crippen LogP contribution < -0.4 is 5.32 Å². The van der Waals surface area contributed by atoms with Gasteiger partial charge in [-0.05, 0) is 55.5 Å². The van der Waals surface area contributed by atoms with Gasteiger partial charge in [-0.2, -0.15) is 0 Å². The van der Waals surface area contributed by atoms with Crippen molar-refractivity contribution in [2.24, 2.45) is 23.2 Å². The Morgan fingerprint density at radius 3 is 2.53 bits per heavy atom. The molecule has 2 fully saturated rings. The minimum atomic E-state index is 0.797. The summed E-state index contributed by atoms with van der Waals surface area (Å²) in [6, 6.07) is 0. The topological polar surface area (TPSA) is 12.0 Å². The molecule has 0 aromatic heterocycles. The van der Waals surface area contributed by atoms with Gasteiger partial charge in [-0.25, -0.2) is 0 Å². The SMILES string of the molecule is CC(C)CNCC1CC12CCC(C)CC2. The Bertz CT molecular complexity index is 201. The van der Waals surface area contributed by atoms with Crippen molar-refractivity contribution < 1.29 is 0 Å². The molecule has 1 atom stereocenters. The van der Waals surface area contributed by atoms with Gasteiger partial charge in [0.1, 0.15) is 0 Å². The highest BCUT2D eigenvalue weighted by Gasteiger charge is 2.53. The summed E-state index contributed by atoms with van der Waals surface area (Å²) in [7, 11) is 0. The maximum Gasteiger partial charge on any atom is -0.00149 e. The van der Waals surface area contributed by atoms with E-state index in [1.807, 2.05) is 0 Å². The van der Waals surface area contributed by atoms with E-state index < -0.39 is 0 Å². The first kappa shape index (κ1) is 11.4. The molecule has 1 N–H and O–H groups in total. The van der Waals surface area contributed by atoms with Gasteiger partial charge in [0.15, 0.2) is 0 Å². The van der Waals surface area contributed by atoms with E-state index in [1.165, 1.54) is 45.2 Å². The van der Waals surface area contributed by atoms with Crippen LogP contribution in [0.1, 0.15) is 52.9 Å². The summed E-state index contributed by atoms with van der Waals surface area (Å²) in [5, 5.41) is 3.63. The van der Waals surface area contributed by atoms with Crippen LogP contribution in [0.15, 0.2) is 0 Å². The van der Waals surface area contributed by atoms with Crippen LogP contribution in [0.5, 0.6) is 0 Å². The van der Waals surface area contributed by atoms with E-state index in [2.05, 4.69) is 26.1 Å². The molecule has 1 spiro atoms. The Balaban J connectivity index is 1.66. The van der Waals surface area contributed by atoms with Gasteiger partial charge < -0.3 is 5.32 Å². The third-order valence-corrected chi connectivity index (χ3v) is 4.57. The van der Waals surface area contributed by atoms with E-state index in [0.29, 0.717) is 0 Å². The molecule has 0 aromatic rings. The fraction of sp³-hybridized carbons (Fsp3) is 1.00. The first-order chi connectivity index (χ1) is 7.12. The lowest BCUT2D eigenvalue weighted by Gasteiger charge is -2.27. The first-order valence-corrected chi connectivity index (χ1v) is 6.83. The number of nitrogens with one attached hydrogen (secondary N) is 1. The third-order valence-electron chi connectivity index (χ3n) is 4.57. The summed E-state index contributed by atoms with van der Waals surface area (Å²) < 4.78 is 0. The highest BCUT2D eigenvalue weighted by Crippen LogP contribution is 2.61. The molecule has 2 aliphatic rings. The van der Waals surface area contributed by atoms with Crippen LogP contribution in [0.25, 0.3) is 0 Å². The Labute approximate surface area is 95.0 Å². The second kappa shape index (κ2) is 4.45. The predicted octanol–water partition coefficient (Wildman–Crippen LogP) is 3.45. The molecule has 1 unspecified atom stereocenters. The number of hydrogen-bond donors (Lipinski definition) is 1. The highest BCUT2D eigenvalue weighted by atomic mass is 14.9. The Morgan fingerprint density at radius 1 is 1.27 bits per heavy atom. The average molecular weight is 209 g/mol. The van der Waals surface area contributed by atoms with E-state index in [4.69, 9.17) is 0 Å². The standard InChI is InChI=1S/C14H27N/c1-11(2)9-15-10-13-8-14(13)6-4-12(3)5-7-14/h11-13,15H,4-10H2,1-3H3. The molecule has 2 rings (SSSR count). The Kier molecular flexibility index (Phi) is 3.39. The monoisotopic (exact) mass is 209 g/mol. The summed E-state index contributed by atoms with van der Waals surface area (Å²) >= 11 is 0. The van der Waals surface area contributed by atoms with Crippen molar-refractivity contribution in [3.63, 3.8) is 0 Å². The second-order valence-electron chi connectivity index (χ2n) is 6.50. The van der Waals surface area contributed by atoms with Crippen molar-refractivity contribution in [2.75, 3.05) is 13.1 Å². The Morgan fingerprint density at radius 2 is 1.93 bits per heavy atom. The minimum absolute atomic E-state index is 0.797. The molecule has 0 amide bonds. The number of rotatable bonds is 4. The molecule has 15 heavy (non-hydrogen) atoms. The van der Waals surface area contributed by atoms with Crippen molar-refractivity contribution in [1.29, 1.82) is 0 Å². The van der Waals surface area contributed by atoms with Crippen molar-refractivity contribution in [1.82, 2.24) is 5.32 Å². The maximum absolute atomic E-state index is 3.63. The summed E-state index contributed by atoms with van der Waals surface area (Å²) in [5.41, 5.74) is 0.802. The summed E-state index contributed by atoms with van der Waals surface area (Å²) in [6.07, 6.45) is 7.52. The van der Waals surface area contributed by atoms with E-state index in [9.17, 15) is 0 Å². The zero-order chi connectivity index (χ0) is 10.9. The van der Waals surface area contributed by atoms with Crippen molar-refractivity contribution in [3.05, 3.63) is 0 Å². The fourth-order valence-electron chi connectivity index (χ4n) is 3.22. The molecule has 1 heteroatoms. The quantitative estimate of drug-likeness (QED) is 0.748. The number of hydrogen-bond acceptors (Lipinski definition) is 1. The lowest BCUT2D eigenvalue weighted by Crippen LogP contribution is -2.25. The predicted molar refractivity (Wildman–Crippen MR) is 65.9 cm³/mol.